The van der Waals surface area contributed by atoms with Crippen molar-refractivity contribution in [3.63, 3.8) is 0 Å². The Bertz CT molecular complexity index is 412. The van der Waals surface area contributed by atoms with Crippen LogP contribution in [0.3, 0.4) is 0 Å². The molecule has 18 heavy (non-hydrogen) atoms. The Morgan fingerprint density at radius 2 is 1.78 bits per heavy atom. The van der Waals surface area contributed by atoms with Crippen LogP contribution in [0.5, 0.6) is 0 Å². The van der Waals surface area contributed by atoms with Crippen LogP contribution < -0.4 is 0 Å². The molecule has 0 saturated heterocycles. The van der Waals surface area contributed by atoms with Gasteiger partial charge in [-0.05, 0) is 71.0 Å². The average Bonchev–Trinajstić information content (AvgIpc) is 2.89. The summed E-state index contributed by atoms with van der Waals surface area (Å²) in [6, 6.07) is 0. The third kappa shape index (κ3) is 0.826. The van der Waals surface area contributed by atoms with Crippen LogP contribution in [0.4, 0.5) is 0 Å². The van der Waals surface area contributed by atoms with Gasteiger partial charge in [0.25, 0.3) is 0 Å². The first-order valence-corrected chi connectivity index (χ1v) is 8.20. The zero-order valence-corrected chi connectivity index (χ0v) is 13.1. The smallest absolute Gasteiger partial charge is 0.0155 e. The number of hydrogen-bond acceptors (Lipinski definition) is 0. The summed E-state index contributed by atoms with van der Waals surface area (Å²) in [4.78, 5) is 0. The molecule has 4 fully saturated rings. The lowest BCUT2D eigenvalue weighted by Crippen LogP contribution is -2.71. The van der Waals surface area contributed by atoms with Crippen LogP contribution in [0, 0.1) is 45.3 Å². The van der Waals surface area contributed by atoms with Gasteiger partial charge in [0.1, 0.15) is 0 Å². The van der Waals surface area contributed by atoms with E-state index in [2.05, 4.69) is 41.5 Å². The van der Waals surface area contributed by atoms with Crippen LogP contribution in [0.25, 0.3) is 0 Å². The molecule has 0 N–H and O–H groups in total. The van der Waals surface area contributed by atoms with E-state index in [0.29, 0.717) is 16.2 Å². The van der Waals surface area contributed by atoms with E-state index < -0.39 is 0 Å². The van der Waals surface area contributed by atoms with E-state index in [1.165, 1.54) is 12.8 Å². The van der Waals surface area contributed by atoms with Gasteiger partial charge in [0.15, 0.2) is 0 Å². The van der Waals surface area contributed by atoms with Gasteiger partial charge in [-0.2, -0.15) is 0 Å². The highest BCUT2D eigenvalue weighted by Gasteiger charge is 2.89. The van der Waals surface area contributed by atoms with Crippen molar-refractivity contribution < 1.29 is 0 Å². The summed E-state index contributed by atoms with van der Waals surface area (Å²) in [6.45, 7) is 15.4. The Balaban J connectivity index is 1.88. The fraction of sp³-hybridized carbons (Fsp3) is 1.00. The Kier molecular flexibility index (Phi) is 1.78. The van der Waals surface area contributed by atoms with Crippen LogP contribution in [0.1, 0.15) is 67.2 Å². The maximum atomic E-state index is 2.63. The summed E-state index contributed by atoms with van der Waals surface area (Å²) < 4.78 is 0. The van der Waals surface area contributed by atoms with Crippen LogP contribution in [0.15, 0.2) is 0 Å². The van der Waals surface area contributed by atoms with Gasteiger partial charge in [-0.3, -0.25) is 0 Å². The Hall–Kier alpha value is 0. The Morgan fingerprint density at radius 1 is 1.11 bits per heavy atom. The van der Waals surface area contributed by atoms with Crippen molar-refractivity contribution in [2.75, 3.05) is 0 Å². The molecule has 0 aromatic rings. The largest absolute Gasteiger partial charge is 0.0622 e. The van der Waals surface area contributed by atoms with Gasteiger partial charge < -0.3 is 0 Å². The number of rotatable bonds is 0. The lowest BCUT2D eigenvalue weighted by molar-refractivity contribution is -0.293. The molecular weight excluding hydrogens is 216 g/mol. The first-order valence-electron chi connectivity index (χ1n) is 8.20. The lowest BCUT2D eigenvalue weighted by Gasteiger charge is -2.77. The topological polar surface area (TPSA) is 0 Å². The second kappa shape index (κ2) is 2.72. The summed E-state index contributed by atoms with van der Waals surface area (Å²) in [5, 5.41) is 0. The Morgan fingerprint density at radius 3 is 2.39 bits per heavy atom. The molecule has 0 heterocycles. The molecule has 102 valence electrons. The second-order valence-corrected chi connectivity index (χ2v) is 9.68. The minimum atomic E-state index is 0.488. The molecule has 0 amide bonds. The molecule has 0 heteroatoms. The molecule has 0 aromatic heterocycles. The molecular formula is C18H30. The van der Waals surface area contributed by atoms with Gasteiger partial charge in [-0.15, -0.1) is 0 Å². The minimum absolute atomic E-state index is 0.488. The van der Waals surface area contributed by atoms with E-state index in [9.17, 15) is 0 Å². The average molecular weight is 246 g/mol. The predicted molar refractivity (Wildman–Crippen MR) is 76.2 cm³/mol. The highest BCUT2D eigenvalue weighted by Crippen LogP contribution is 2.95. The minimum Gasteiger partial charge on any atom is -0.0622 e. The monoisotopic (exact) mass is 246 g/mol. The second-order valence-electron chi connectivity index (χ2n) is 9.68. The quantitative estimate of drug-likeness (QED) is 0.556. The predicted octanol–water partition coefficient (Wildman–Crippen LogP) is 5.13. The van der Waals surface area contributed by atoms with Crippen molar-refractivity contribution in [2.24, 2.45) is 45.3 Å². The molecule has 0 bridgehead atoms. The maximum absolute atomic E-state index is 2.63. The third-order valence-corrected chi connectivity index (χ3v) is 8.57. The van der Waals surface area contributed by atoms with Gasteiger partial charge in [0, 0.05) is 0 Å². The van der Waals surface area contributed by atoms with E-state index in [0.717, 1.165) is 29.1 Å². The fourth-order valence-corrected chi connectivity index (χ4v) is 8.03. The first kappa shape index (κ1) is 11.8. The van der Waals surface area contributed by atoms with Crippen LogP contribution >= 0.6 is 0 Å². The zero-order chi connectivity index (χ0) is 13.1. The van der Waals surface area contributed by atoms with E-state index >= 15 is 0 Å². The Labute approximate surface area is 113 Å². The lowest BCUT2D eigenvalue weighted by atomic mass is 9.27. The van der Waals surface area contributed by atoms with Crippen molar-refractivity contribution in [1.29, 1.82) is 0 Å². The zero-order valence-electron chi connectivity index (χ0n) is 13.1. The van der Waals surface area contributed by atoms with Gasteiger partial charge in [-0.1, -0.05) is 41.5 Å². The summed E-state index contributed by atoms with van der Waals surface area (Å²) in [7, 11) is 0. The summed E-state index contributed by atoms with van der Waals surface area (Å²) in [5.41, 5.74) is 2.52. The summed E-state index contributed by atoms with van der Waals surface area (Å²) in [6.07, 6.45) is 6.14. The fourth-order valence-electron chi connectivity index (χ4n) is 8.03. The standard InChI is InChI=1S/C18H30/c1-11-7-8-18(15(2,3)4)14-13(11)9-12-10-17(12,14)16(18,5)6/h11-14H,7-10H2,1-6H3/t11-,12?,13?,14?,17?,18?/m0/s1. The SMILES string of the molecule is C[C@H]1CCC2(C(C)(C)C)C3C1CC1CC13C2(C)C. The van der Waals surface area contributed by atoms with E-state index in [-0.39, 0.29) is 0 Å². The van der Waals surface area contributed by atoms with E-state index in [1.807, 2.05) is 0 Å². The molecule has 4 aliphatic carbocycles. The first-order chi connectivity index (χ1) is 8.20. The van der Waals surface area contributed by atoms with Crippen molar-refractivity contribution in [2.45, 2.75) is 67.2 Å². The van der Waals surface area contributed by atoms with Gasteiger partial charge >= 0.3 is 0 Å². The van der Waals surface area contributed by atoms with Gasteiger partial charge in [0.2, 0.25) is 0 Å². The molecule has 0 aliphatic heterocycles. The van der Waals surface area contributed by atoms with Crippen LogP contribution in [-0.2, 0) is 0 Å². The normalized spacial score (nSPS) is 59.7. The van der Waals surface area contributed by atoms with Crippen molar-refractivity contribution in [3.05, 3.63) is 0 Å². The molecule has 5 unspecified atom stereocenters. The molecule has 4 aliphatic rings. The van der Waals surface area contributed by atoms with Gasteiger partial charge in [0.05, 0.1) is 0 Å². The highest BCUT2D eigenvalue weighted by atomic mass is 14.9. The molecule has 4 rings (SSSR count). The van der Waals surface area contributed by atoms with Crippen molar-refractivity contribution >= 4 is 0 Å². The van der Waals surface area contributed by atoms with Crippen molar-refractivity contribution in [1.82, 2.24) is 0 Å². The van der Waals surface area contributed by atoms with Crippen molar-refractivity contribution in [3.8, 4) is 0 Å². The molecule has 0 nitrogen and oxygen atoms in total. The molecule has 4 saturated carbocycles. The maximum Gasteiger partial charge on any atom is -0.0155 e. The molecule has 1 spiro atoms. The van der Waals surface area contributed by atoms with E-state index in [4.69, 9.17) is 0 Å². The third-order valence-electron chi connectivity index (χ3n) is 8.57. The van der Waals surface area contributed by atoms with Crippen LogP contribution in [-0.4, -0.2) is 0 Å². The number of hydrogen-bond donors (Lipinski definition) is 0. The summed E-state index contributed by atoms with van der Waals surface area (Å²) >= 11 is 0. The van der Waals surface area contributed by atoms with Gasteiger partial charge in [-0.25, -0.2) is 0 Å². The van der Waals surface area contributed by atoms with E-state index in [1.54, 1.807) is 12.8 Å². The molecule has 6 atom stereocenters. The van der Waals surface area contributed by atoms with Crippen LogP contribution in [0.2, 0.25) is 0 Å². The highest BCUT2D eigenvalue weighted by molar-refractivity contribution is 5.37. The molecule has 0 aromatic carbocycles. The summed E-state index contributed by atoms with van der Waals surface area (Å²) in [5.74, 6) is 4.27. The molecule has 0 radical (unpaired) electrons.